The van der Waals surface area contributed by atoms with Crippen molar-refractivity contribution in [2.45, 2.75) is 25.6 Å². The third-order valence-corrected chi connectivity index (χ3v) is 5.17. The van der Waals surface area contributed by atoms with Crippen LogP contribution in [0.1, 0.15) is 32.0 Å². The molecule has 2 amide bonds. The van der Waals surface area contributed by atoms with Gasteiger partial charge in [-0.05, 0) is 42.8 Å². The highest BCUT2D eigenvalue weighted by atomic mass is 19.4. The van der Waals surface area contributed by atoms with Crippen LogP contribution < -0.4 is 30.0 Å². The van der Waals surface area contributed by atoms with Crippen molar-refractivity contribution in [1.29, 1.82) is 0 Å². The zero-order valence-corrected chi connectivity index (χ0v) is 21.4. The molecule has 12 nitrogen and oxygen atoms in total. The number of nitrogens with zero attached hydrogens (tertiary/aromatic N) is 1. The highest BCUT2D eigenvalue weighted by Gasteiger charge is 2.39. The fourth-order valence-corrected chi connectivity index (χ4v) is 3.43. The molecule has 0 aliphatic carbocycles. The minimum absolute atomic E-state index is 0.159. The van der Waals surface area contributed by atoms with E-state index in [9.17, 15) is 40.3 Å². The maximum Gasteiger partial charge on any atom is 0.573 e. The van der Waals surface area contributed by atoms with Crippen molar-refractivity contribution < 1.29 is 74.6 Å². The summed E-state index contributed by atoms with van der Waals surface area (Å²) in [5.41, 5.74) is 2.34. The molecule has 0 atom stereocenters. The van der Waals surface area contributed by atoms with Crippen LogP contribution in [-0.4, -0.2) is 51.7 Å². The van der Waals surface area contributed by atoms with Crippen LogP contribution in [0.3, 0.4) is 0 Å². The Bertz CT molecular complexity index is 1560. The van der Waals surface area contributed by atoms with Crippen molar-refractivity contribution in [2.75, 3.05) is 12.4 Å². The molecule has 0 saturated carbocycles. The molecular formula is C24H18F7N3O9. The lowest BCUT2D eigenvalue weighted by Crippen LogP contribution is -2.35. The van der Waals surface area contributed by atoms with Crippen molar-refractivity contribution in [3.63, 3.8) is 0 Å². The van der Waals surface area contributed by atoms with Crippen molar-refractivity contribution in [3.05, 3.63) is 64.7 Å². The quantitative estimate of drug-likeness (QED) is 0.174. The Morgan fingerprint density at radius 3 is 2.07 bits per heavy atom. The number of ether oxygens (including phenoxy) is 4. The molecule has 43 heavy (non-hydrogen) atoms. The first-order chi connectivity index (χ1) is 19.7. The summed E-state index contributed by atoms with van der Waals surface area (Å²) in [7, 11) is 0.753. The van der Waals surface area contributed by atoms with Crippen LogP contribution in [0.15, 0.2) is 36.5 Å². The van der Waals surface area contributed by atoms with E-state index in [1.54, 1.807) is 0 Å². The van der Waals surface area contributed by atoms with E-state index in [2.05, 4.69) is 19.8 Å². The van der Waals surface area contributed by atoms with E-state index in [1.165, 1.54) is 6.92 Å². The number of nitrogens with two attached hydrogens (primary N) is 1. The van der Waals surface area contributed by atoms with Gasteiger partial charge in [0.1, 0.15) is 22.8 Å². The molecule has 0 fully saturated rings. The molecule has 6 N–H and O–H groups in total. The van der Waals surface area contributed by atoms with Gasteiger partial charge in [-0.1, -0.05) is 0 Å². The first-order valence-corrected chi connectivity index (χ1v) is 11.2. The number of aryl methyl sites for hydroxylation is 1. The van der Waals surface area contributed by atoms with E-state index >= 15 is 0 Å². The molecule has 0 spiro atoms. The molecule has 19 heteroatoms. The smallest absolute Gasteiger partial charge is 0.495 e. The summed E-state index contributed by atoms with van der Waals surface area (Å²) in [4.78, 5) is 28.6. The number of amides is 2. The van der Waals surface area contributed by atoms with Gasteiger partial charge in [0.05, 0.1) is 12.7 Å². The van der Waals surface area contributed by atoms with Crippen LogP contribution in [0, 0.1) is 12.7 Å². The van der Waals surface area contributed by atoms with Gasteiger partial charge in [0, 0.05) is 11.9 Å². The van der Waals surface area contributed by atoms with Gasteiger partial charge in [-0.25, -0.2) is 0 Å². The lowest BCUT2D eigenvalue weighted by Gasteiger charge is -2.22. The van der Waals surface area contributed by atoms with Crippen molar-refractivity contribution in [2.24, 2.45) is 5.73 Å². The van der Waals surface area contributed by atoms with Crippen LogP contribution >= 0.6 is 0 Å². The number of pyridine rings is 1. The molecule has 3 rings (SSSR count). The van der Waals surface area contributed by atoms with Gasteiger partial charge in [-0.3, -0.25) is 14.6 Å². The van der Waals surface area contributed by atoms with Crippen molar-refractivity contribution in [1.82, 2.24) is 4.98 Å². The first-order valence-electron chi connectivity index (χ1n) is 11.2. The number of benzene rings is 2. The summed E-state index contributed by atoms with van der Waals surface area (Å²) in [6.07, 6.45) is -13.7. The number of alkyl halides is 6. The summed E-state index contributed by atoms with van der Waals surface area (Å²) in [5, 5.41) is 29.7. The van der Waals surface area contributed by atoms with E-state index in [0.29, 0.717) is 24.3 Å². The topological polar surface area (TPSA) is 183 Å². The number of hydrogen-bond donors (Lipinski definition) is 5. The van der Waals surface area contributed by atoms with Gasteiger partial charge in [0.2, 0.25) is 11.6 Å². The number of methoxy groups -OCH3 is 1. The van der Waals surface area contributed by atoms with Crippen molar-refractivity contribution >= 4 is 17.5 Å². The lowest BCUT2D eigenvalue weighted by molar-refractivity contribution is -0.420. The minimum Gasteiger partial charge on any atom is -0.495 e. The Balaban J connectivity index is 2.22. The molecule has 1 aromatic heterocycles. The maximum atomic E-state index is 14.9. The number of primary amides is 1. The number of carbonyl (C=O) groups is 2. The fraction of sp³-hybridized carbons (Fsp3) is 0.208. The number of halogens is 7. The summed E-state index contributed by atoms with van der Waals surface area (Å²) >= 11 is 0. The van der Waals surface area contributed by atoms with Crippen LogP contribution in [-0.2, 0) is 6.18 Å². The monoisotopic (exact) mass is 625 g/mol. The molecule has 0 aliphatic rings. The predicted octanol–water partition coefficient (Wildman–Crippen LogP) is 3.57. The minimum atomic E-state index is -5.46. The first kappa shape index (κ1) is 32.6. The highest BCUT2D eigenvalue weighted by Crippen LogP contribution is 2.46. The summed E-state index contributed by atoms with van der Waals surface area (Å²) in [5.74, 6) is -10.9. The lowest BCUT2D eigenvalue weighted by atomic mass is 10.1. The maximum absolute atomic E-state index is 14.9. The molecule has 0 saturated heterocycles. The number of rotatable bonds is 9. The van der Waals surface area contributed by atoms with Crippen LogP contribution in [0.25, 0.3) is 0 Å². The average Bonchev–Trinajstić information content (AvgIpc) is 2.86. The van der Waals surface area contributed by atoms with E-state index in [0.717, 1.165) is 19.4 Å². The largest absolute Gasteiger partial charge is 0.573 e. The number of aliphatic hydroxyl groups is 3. The van der Waals surface area contributed by atoms with Gasteiger partial charge in [0.25, 0.3) is 11.8 Å². The van der Waals surface area contributed by atoms with Gasteiger partial charge >= 0.3 is 18.7 Å². The Morgan fingerprint density at radius 2 is 1.53 bits per heavy atom. The van der Waals surface area contributed by atoms with E-state index in [-0.39, 0.29) is 16.9 Å². The summed E-state index contributed by atoms with van der Waals surface area (Å²) in [6.45, 7) is 1.40. The second-order valence-electron chi connectivity index (χ2n) is 8.25. The third-order valence-electron chi connectivity index (χ3n) is 5.17. The molecule has 0 bridgehead atoms. The number of anilines is 1. The molecule has 1 heterocycles. The summed E-state index contributed by atoms with van der Waals surface area (Å²) in [6, 6.07) is 2.70. The van der Waals surface area contributed by atoms with E-state index < -0.39 is 76.2 Å². The highest BCUT2D eigenvalue weighted by molar-refractivity contribution is 6.09. The number of carbonyl (C=O) groups excluding carboxylic acids is 2. The Hall–Kier alpha value is -4.88. The molecular weight excluding hydrogens is 607 g/mol. The second-order valence-corrected chi connectivity index (χ2v) is 8.25. The zero-order valence-electron chi connectivity index (χ0n) is 21.4. The average molecular weight is 625 g/mol. The predicted molar refractivity (Wildman–Crippen MR) is 127 cm³/mol. The fourth-order valence-electron chi connectivity index (χ4n) is 3.43. The van der Waals surface area contributed by atoms with E-state index in [1.807, 2.05) is 0 Å². The normalized spacial score (nSPS) is 12.0. The van der Waals surface area contributed by atoms with Gasteiger partial charge in [-0.2, -0.15) is 17.6 Å². The number of hydrogen-bond acceptors (Lipinski definition) is 10. The second kappa shape index (κ2) is 11.8. The Kier molecular flexibility index (Phi) is 8.94. The van der Waals surface area contributed by atoms with Gasteiger partial charge < -0.3 is 45.3 Å². The molecule has 3 aromatic rings. The number of aromatic nitrogens is 1. The zero-order chi connectivity index (χ0) is 32.5. The van der Waals surface area contributed by atoms with Crippen LogP contribution in [0.4, 0.5) is 36.4 Å². The Morgan fingerprint density at radius 1 is 0.930 bits per heavy atom. The standard InChI is InChI=1S/C24H18F7N3O9/c1-9-8-33-12(20(32)35)7-11(9)34-21(36)16-13(4-3-10(18(16)40-2)22(26,27)28)41-15-6-5-14(42-23(29,30)31)17(25)19(15)43-24(37,38)39/h3-8,37-39H,1-2H3,(H2,32,35)(H,33,34,36). The molecule has 0 aliphatic heterocycles. The number of nitrogens with one attached hydrogen (secondary N) is 1. The molecule has 232 valence electrons. The van der Waals surface area contributed by atoms with Crippen molar-refractivity contribution in [3.8, 4) is 28.7 Å². The molecule has 0 unspecified atom stereocenters. The van der Waals surface area contributed by atoms with Gasteiger partial charge in [-0.15, -0.1) is 13.2 Å². The molecule has 0 radical (unpaired) electrons. The Labute approximate surface area is 235 Å². The van der Waals surface area contributed by atoms with Crippen LogP contribution in [0.2, 0.25) is 0 Å². The SMILES string of the molecule is COc1c(C(F)(F)F)ccc(Oc2ccc(OC(F)(F)F)c(F)c2OC(O)(O)O)c1C(=O)Nc1cc(C(N)=O)ncc1C. The van der Waals surface area contributed by atoms with Gasteiger partial charge in [0.15, 0.2) is 11.5 Å². The molecule has 2 aromatic carbocycles. The summed E-state index contributed by atoms with van der Waals surface area (Å²) < 4.78 is 112. The van der Waals surface area contributed by atoms with E-state index in [4.69, 9.17) is 30.5 Å². The third kappa shape index (κ3) is 7.90. The van der Waals surface area contributed by atoms with Crippen LogP contribution in [0.5, 0.6) is 28.7 Å².